The maximum atomic E-state index is 14.5. The molecule has 0 aromatic carbocycles. The summed E-state index contributed by atoms with van der Waals surface area (Å²) in [5.41, 5.74) is 3.46. The van der Waals surface area contributed by atoms with Crippen LogP contribution in [0.15, 0.2) is 36.7 Å². The zero-order valence-corrected chi connectivity index (χ0v) is 22.9. The molecule has 4 atom stereocenters. The minimum atomic E-state index is -1.06. The second-order valence-electron chi connectivity index (χ2n) is 11.2. The highest BCUT2D eigenvalue weighted by Gasteiger charge is 2.31. The molecule has 204 valence electrons. The summed E-state index contributed by atoms with van der Waals surface area (Å²) in [6.07, 6.45) is 3.89. The largest absolute Gasteiger partial charge is 0.486 e. The van der Waals surface area contributed by atoms with E-state index in [0.717, 1.165) is 50.5 Å². The molecule has 0 saturated carbocycles. The molecule has 0 radical (unpaired) electrons. The van der Waals surface area contributed by atoms with Crippen LogP contribution in [0.3, 0.4) is 0 Å². The Morgan fingerprint density at radius 3 is 2.43 bits per heavy atom. The van der Waals surface area contributed by atoms with Crippen molar-refractivity contribution in [3.63, 3.8) is 0 Å². The predicted octanol–water partition coefficient (Wildman–Crippen LogP) is 3.69. The van der Waals surface area contributed by atoms with Gasteiger partial charge < -0.3 is 14.7 Å². The maximum absolute atomic E-state index is 14.5. The van der Waals surface area contributed by atoms with Crippen LogP contribution in [0.5, 0.6) is 5.75 Å². The van der Waals surface area contributed by atoms with Gasteiger partial charge in [-0.3, -0.25) is 19.8 Å². The number of hydrogen-bond donors (Lipinski definition) is 1. The van der Waals surface area contributed by atoms with Gasteiger partial charge in [-0.05, 0) is 55.5 Å². The number of aliphatic hydroxyl groups is 1. The Morgan fingerprint density at radius 1 is 1.00 bits per heavy atom. The number of aromatic nitrogens is 2. The van der Waals surface area contributed by atoms with Crippen molar-refractivity contribution in [3.8, 4) is 5.75 Å². The Labute approximate surface area is 221 Å². The van der Waals surface area contributed by atoms with Gasteiger partial charge in [-0.15, -0.1) is 0 Å². The molecule has 37 heavy (non-hydrogen) atoms. The second kappa shape index (κ2) is 13.1. The van der Waals surface area contributed by atoms with Crippen LogP contribution < -0.4 is 4.74 Å². The quantitative estimate of drug-likeness (QED) is 0.520. The number of pyridine rings is 2. The van der Waals surface area contributed by atoms with Crippen LogP contribution in [-0.2, 0) is 6.54 Å². The predicted molar refractivity (Wildman–Crippen MR) is 145 cm³/mol. The molecule has 0 amide bonds. The summed E-state index contributed by atoms with van der Waals surface area (Å²) in [4.78, 5) is 16.3. The summed E-state index contributed by atoms with van der Waals surface area (Å²) in [5, 5.41) is 9.08. The molecule has 4 rings (SSSR count). The number of hydrogen-bond acceptors (Lipinski definition) is 7. The molecule has 2 fully saturated rings. The van der Waals surface area contributed by atoms with Crippen LogP contribution in [0.2, 0.25) is 0 Å². The molecule has 2 aromatic heterocycles. The summed E-state index contributed by atoms with van der Waals surface area (Å²) < 4.78 is 20.5. The van der Waals surface area contributed by atoms with Gasteiger partial charge >= 0.3 is 0 Å². The lowest BCUT2D eigenvalue weighted by molar-refractivity contribution is 0.0166. The monoisotopic (exact) mass is 513 g/mol. The summed E-state index contributed by atoms with van der Waals surface area (Å²) in [6, 6.07) is 8.78. The van der Waals surface area contributed by atoms with E-state index in [9.17, 15) is 4.39 Å². The van der Waals surface area contributed by atoms with Gasteiger partial charge in [0.25, 0.3) is 0 Å². The number of likely N-dealkylation sites (N-methyl/N-ethyl adjacent to an activating group) is 1. The standard InChI is InChI=1S/C29H44FN5O2/c1-21(2)27-7-5-23(16-31-27)18-35-12-11-33(4)24(19-35)15-22(3)28-8-6-25(17-32-28)37-29-9-10-34(13-14-36)20-26(29)30/h5-8,16-17,21-22,24,26,29,36H,9-15,18-20H2,1-4H3/t22?,24-,26-,29-/m0/s1. The smallest absolute Gasteiger partial charge is 0.149 e. The molecule has 0 aliphatic carbocycles. The van der Waals surface area contributed by atoms with E-state index in [-0.39, 0.29) is 6.61 Å². The van der Waals surface area contributed by atoms with Crippen molar-refractivity contribution < 1.29 is 14.2 Å². The number of β-amino-alcohol motifs (C(OH)–C–C–N with tert-alkyl or cyclic N) is 1. The fourth-order valence-electron chi connectivity index (χ4n) is 5.42. The molecule has 0 spiro atoms. The SMILES string of the molecule is CC(C)c1ccc(CN2CCN(C)[C@@H](CC(C)c3ccc(O[C@H]4CCN(CCO)C[C@@H]4F)cn3)C2)cn1. The minimum absolute atomic E-state index is 0.0558. The average Bonchev–Trinajstić information content (AvgIpc) is 2.88. The highest BCUT2D eigenvalue weighted by atomic mass is 19.1. The Bertz CT molecular complexity index is 958. The van der Waals surface area contributed by atoms with Gasteiger partial charge in [-0.25, -0.2) is 4.39 Å². The van der Waals surface area contributed by atoms with Crippen LogP contribution in [0.1, 0.15) is 62.4 Å². The molecule has 1 unspecified atom stereocenters. The molecule has 2 aromatic rings. The Balaban J connectivity index is 1.28. The van der Waals surface area contributed by atoms with Crippen molar-refractivity contribution in [2.45, 2.75) is 70.3 Å². The van der Waals surface area contributed by atoms with E-state index in [1.54, 1.807) is 6.20 Å². The third-order valence-electron chi connectivity index (χ3n) is 7.87. The first-order valence-electron chi connectivity index (χ1n) is 13.8. The number of likely N-dealkylation sites (tertiary alicyclic amines) is 1. The van der Waals surface area contributed by atoms with Crippen LogP contribution in [0.4, 0.5) is 4.39 Å². The van der Waals surface area contributed by atoms with Crippen LogP contribution in [0, 0.1) is 0 Å². The lowest BCUT2D eigenvalue weighted by Gasteiger charge is -2.40. The average molecular weight is 514 g/mol. The fourth-order valence-corrected chi connectivity index (χ4v) is 5.42. The lowest BCUT2D eigenvalue weighted by Crippen LogP contribution is -2.51. The fraction of sp³-hybridized carbons (Fsp3) is 0.655. The summed E-state index contributed by atoms with van der Waals surface area (Å²) >= 11 is 0. The van der Waals surface area contributed by atoms with Crippen LogP contribution in [-0.4, -0.2) is 101 Å². The summed E-state index contributed by atoms with van der Waals surface area (Å²) in [6.45, 7) is 12.3. The zero-order valence-electron chi connectivity index (χ0n) is 22.9. The third kappa shape index (κ3) is 7.69. The number of aliphatic hydroxyl groups excluding tert-OH is 1. The van der Waals surface area contributed by atoms with Crippen molar-refractivity contribution in [1.29, 1.82) is 0 Å². The number of piperazine rings is 1. The first kappa shape index (κ1) is 27.9. The molecule has 2 aliphatic heterocycles. The van der Waals surface area contributed by atoms with Gasteiger partial charge in [-0.1, -0.05) is 26.8 Å². The number of alkyl halides is 1. The first-order chi connectivity index (χ1) is 17.8. The molecule has 2 aliphatic rings. The van der Waals surface area contributed by atoms with E-state index in [1.165, 1.54) is 5.56 Å². The molecular weight excluding hydrogens is 469 g/mol. The molecule has 1 N–H and O–H groups in total. The van der Waals surface area contributed by atoms with Crippen LogP contribution in [0.25, 0.3) is 0 Å². The van der Waals surface area contributed by atoms with Crippen LogP contribution >= 0.6 is 0 Å². The van der Waals surface area contributed by atoms with Crippen molar-refractivity contribution in [1.82, 2.24) is 24.7 Å². The molecule has 7 nitrogen and oxygen atoms in total. The number of ether oxygens (including phenoxy) is 1. The lowest BCUT2D eigenvalue weighted by atomic mass is 9.95. The van der Waals surface area contributed by atoms with E-state index < -0.39 is 12.3 Å². The second-order valence-corrected chi connectivity index (χ2v) is 11.2. The highest BCUT2D eigenvalue weighted by molar-refractivity contribution is 5.22. The van der Waals surface area contributed by atoms with Gasteiger partial charge in [0.15, 0.2) is 0 Å². The van der Waals surface area contributed by atoms with E-state index in [0.29, 0.717) is 43.1 Å². The number of halogens is 1. The first-order valence-corrected chi connectivity index (χ1v) is 13.8. The topological polar surface area (TPSA) is 65.0 Å². The summed E-state index contributed by atoms with van der Waals surface area (Å²) in [5.74, 6) is 1.38. The molecule has 2 saturated heterocycles. The number of nitrogens with zero attached hydrogens (tertiary/aromatic N) is 5. The zero-order chi connectivity index (χ0) is 26.4. The maximum Gasteiger partial charge on any atom is 0.149 e. The molecule has 4 heterocycles. The van der Waals surface area contributed by atoms with E-state index in [1.807, 2.05) is 23.2 Å². The van der Waals surface area contributed by atoms with Crippen molar-refractivity contribution in [2.24, 2.45) is 0 Å². The van der Waals surface area contributed by atoms with Gasteiger partial charge in [0, 0.05) is 69.4 Å². The van der Waals surface area contributed by atoms with Crippen molar-refractivity contribution in [3.05, 3.63) is 53.6 Å². The third-order valence-corrected chi connectivity index (χ3v) is 7.87. The van der Waals surface area contributed by atoms with Gasteiger partial charge in [0.05, 0.1) is 12.8 Å². The number of rotatable bonds is 10. The Hall–Kier alpha value is -2.13. The summed E-state index contributed by atoms with van der Waals surface area (Å²) in [7, 11) is 2.22. The van der Waals surface area contributed by atoms with E-state index >= 15 is 0 Å². The number of piperidine rings is 1. The molecular formula is C29H44FN5O2. The van der Waals surface area contributed by atoms with Crippen molar-refractivity contribution >= 4 is 0 Å². The molecule has 0 bridgehead atoms. The van der Waals surface area contributed by atoms with E-state index in [2.05, 4.69) is 59.7 Å². The van der Waals surface area contributed by atoms with Gasteiger partial charge in [0.2, 0.25) is 0 Å². The molecule has 8 heteroatoms. The van der Waals surface area contributed by atoms with Crippen molar-refractivity contribution in [2.75, 3.05) is 52.9 Å². The van der Waals surface area contributed by atoms with Gasteiger partial charge in [0.1, 0.15) is 18.0 Å². The Kier molecular flexibility index (Phi) is 9.87. The van der Waals surface area contributed by atoms with E-state index in [4.69, 9.17) is 9.84 Å². The highest BCUT2D eigenvalue weighted by Crippen LogP contribution is 2.26. The van der Waals surface area contributed by atoms with Gasteiger partial charge in [-0.2, -0.15) is 0 Å². The Morgan fingerprint density at radius 2 is 1.78 bits per heavy atom. The minimum Gasteiger partial charge on any atom is -0.486 e. The normalized spacial score (nSPS) is 24.9.